The standard InChI is InChI=1S/C15H20BrN3S/c1-12-14(11-16)15(18(2)9-10-20-3)19(17-12)13-7-5-4-6-8-13/h4-8H,9-11H2,1-3H3. The van der Waals surface area contributed by atoms with Crippen molar-refractivity contribution >= 4 is 33.5 Å². The molecule has 1 aromatic heterocycles. The fourth-order valence-electron chi connectivity index (χ4n) is 2.18. The van der Waals surface area contributed by atoms with Crippen LogP contribution in [0.2, 0.25) is 0 Å². The Bertz CT molecular complexity index is 554. The lowest BCUT2D eigenvalue weighted by Crippen LogP contribution is -2.24. The monoisotopic (exact) mass is 353 g/mol. The number of para-hydroxylation sites is 1. The second-order valence-corrected chi connectivity index (χ2v) is 6.23. The largest absolute Gasteiger partial charge is 0.358 e. The third-order valence-electron chi connectivity index (χ3n) is 3.28. The van der Waals surface area contributed by atoms with Crippen LogP contribution in [-0.4, -0.2) is 35.4 Å². The highest BCUT2D eigenvalue weighted by atomic mass is 79.9. The lowest BCUT2D eigenvalue weighted by molar-refractivity contribution is 0.819. The third kappa shape index (κ3) is 3.20. The molecule has 0 aliphatic carbocycles. The third-order valence-corrected chi connectivity index (χ3v) is 4.44. The number of aromatic nitrogens is 2. The quantitative estimate of drug-likeness (QED) is 0.735. The molecule has 0 saturated heterocycles. The van der Waals surface area contributed by atoms with Gasteiger partial charge in [0, 0.05) is 30.2 Å². The van der Waals surface area contributed by atoms with Gasteiger partial charge < -0.3 is 4.90 Å². The predicted molar refractivity (Wildman–Crippen MR) is 92.6 cm³/mol. The van der Waals surface area contributed by atoms with Crippen LogP contribution in [0.4, 0.5) is 5.82 Å². The summed E-state index contributed by atoms with van der Waals surface area (Å²) in [7, 11) is 2.14. The Balaban J connectivity index is 2.46. The smallest absolute Gasteiger partial charge is 0.136 e. The van der Waals surface area contributed by atoms with E-state index in [1.165, 1.54) is 11.4 Å². The van der Waals surface area contributed by atoms with E-state index < -0.39 is 0 Å². The molecule has 0 radical (unpaired) electrons. The zero-order valence-corrected chi connectivity index (χ0v) is 14.5. The fourth-order valence-corrected chi connectivity index (χ4v) is 3.29. The summed E-state index contributed by atoms with van der Waals surface area (Å²) in [5, 5.41) is 5.54. The molecule has 3 nitrogen and oxygen atoms in total. The number of aryl methyl sites for hydroxylation is 1. The molecule has 0 atom stereocenters. The van der Waals surface area contributed by atoms with Gasteiger partial charge in [-0.25, -0.2) is 4.68 Å². The van der Waals surface area contributed by atoms with Gasteiger partial charge in [-0.2, -0.15) is 16.9 Å². The van der Waals surface area contributed by atoms with E-state index >= 15 is 0 Å². The number of thioether (sulfide) groups is 1. The summed E-state index contributed by atoms with van der Waals surface area (Å²) in [5.41, 5.74) is 3.45. The SMILES string of the molecule is CSCCN(C)c1c(CBr)c(C)nn1-c1ccccc1. The summed E-state index contributed by atoms with van der Waals surface area (Å²) in [6.45, 7) is 3.08. The molecule has 0 aliphatic rings. The minimum absolute atomic E-state index is 0.824. The maximum Gasteiger partial charge on any atom is 0.136 e. The van der Waals surface area contributed by atoms with E-state index in [2.05, 4.69) is 53.2 Å². The van der Waals surface area contributed by atoms with E-state index in [4.69, 9.17) is 5.10 Å². The first kappa shape index (κ1) is 15.4. The average Bonchev–Trinajstić information content (AvgIpc) is 2.82. The predicted octanol–water partition coefficient (Wildman–Crippen LogP) is 3.87. The Morgan fingerprint density at radius 2 is 2.00 bits per heavy atom. The normalized spacial score (nSPS) is 10.8. The van der Waals surface area contributed by atoms with Crippen LogP contribution in [-0.2, 0) is 5.33 Å². The molecular formula is C15H20BrN3S. The van der Waals surface area contributed by atoms with Crippen molar-refractivity contribution in [3.05, 3.63) is 41.6 Å². The van der Waals surface area contributed by atoms with Gasteiger partial charge >= 0.3 is 0 Å². The molecule has 0 saturated carbocycles. The lowest BCUT2D eigenvalue weighted by atomic mass is 10.2. The molecule has 2 rings (SSSR count). The molecule has 0 amide bonds. The van der Waals surface area contributed by atoms with E-state index in [9.17, 15) is 0 Å². The Morgan fingerprint density at radius 1 is 1.30 bits per heavy atom. The van der Waals surface area contributed by atoms with E-state index in [-0.39, 0.29) is 0 Å². The summed E-state index contributed by atoms with van der Waals surface area (Å²) in [6, 6.07) is 10.3. The molecular weight excluding hydrogens is 334 g/mol. The number of anilines is 1. The number of hydrogen-bond donors (Lipinski definition) is 0. The number of rotatable bonds is 6. The van der Waals surface area contributed by atoms with Crippen molar-refractivity contribution in [3.8, 4) is 5.69 Å². The number of hydrogen-bond acceptors (Lipinski definition) is 3. The van der Waals surface area contributed by atoms with Crippen molar-refractivity contribution < 1.29 is 0 Å². The number of alkyl halides is 1. The molecule has 0 aliphatic heterocycles. The second kappa shape index (κ2) is 7.18. The molecule has 108 valence electrons. The van der Waals surface area contributed by atoms with Crippen LogP contribution in [0, 0.1) is 6.92 Å². The van der Waals surface area contributed by atoms with Crippen LogP contribution in [0.3, 0.4) is 0 Å². The van der Waals surface area contributed by atoms with Gasteiger partial charge in [0.25, 0.3) is 0 Å². The summed E-state index contributed by atoms with van der Waals surface area (Å²) in [6.07, 6.45) is 2.14. The second-order valence-electron chi connectivity index (χ2n) is 4.68. The number of nitrogens with zero attached hydrogens (tertiary/aromatic N) is 3. The molecule has 1 aromatic carbocycles. The first-order valence-electron chi connectivity index (χ1n) is 6.59. The molecule has 1 heterocycles. The first-order valence-corrected chi connectivity index (χ1v) is 9.10. The average molecular weight is 354 g/mol. The van der Waals surface area contributed by atoms with Crippen molar-refractivity contribution in [1.29, 1.82) is 0 Å². The van der Waals surface area contributed by atoms with E-state index in [0.717, 1.165) is 29.0 Å². The Hall–Kier alpha value is -0.940. The lowest BCUT2D eigenvalue weighted by Gasteiger charge is -2.21. The van der Waals surface area contributed by atoms with Gasteiger partial charge in [0.05, 0.1) is 11.4 Å². The van der Waals surface area contributed by atoms with Gasteiger partial charge in [-0.1, -0.05) is 34.1 Å². The van der Waals surface area contributed by atoms with Gasteiger partial charge in [-0.15, -0.1) is 0 Å². The molecule has 2 aromatic rings. The maximum absolute atomic E-state index is 4.72. The molecule has 0 bridgehead atoms. The number of benzene rings is 1. The van der Waals surface area contributed by atoms with Crippen LogP contribution in [0.25, 0.3) is 5.69 Å². The van der Waals surface area contributed by atoms with E-state index in [1.54, 1.807) is 0 Å². The highest BCUT2D eigenvalue weighted by Gasteiger charge is 2.18. The van der Waals surface area contributed by atoms with Gasteiger partial charge in [0.2, 0.25) is 0 Å². The van der Waals surface area contributed by atoms with Crippen LogP contribution in [0.1, 0.15) is 11.3 Å². The topological polar surface area (TPSA) is 21.1 Å². The summed E-state index contributed by atoms with van der Waals surface area (Å²) in [5.74, 6) is 2.29. The van der Waals surface area contributed by atoms with Crippen LogP contribution >= 0.6 is 27.7 Å². The highest BCUT2D eigenvalue weighted by molar-refractivity contribution is 9.08. The Kier molecular flexibility index (Phi) is 5.54. The molecule has 5 heteroatoms. The zero-order chi connectivity index (χ0) is 14.5. The molecule has 0 fully saturated rings. The van der Waals surface area contributed by atoms with Crippen LogP contribution < -0.4 is 4.90 Å². The Morgan fingerprint density at radius 3 is 2.60 bits per heavy atom. The fraction of sp³-hybridized carbons (Fsp3) is 0.400. The van der Waals surface area contributed by atoms with Gasteiger partial charge in [0.1, 0.15) is 5.82 Å². The molecule has 20 heavy (non-hydrogen) atoms. The Labute approximate surface area is 133 Å². The minimum atomic E-state index is 0.824. The minimum Gasteiger partial charge on any atom is -0.358 e. The van der Waals surface area contributed by atoms with E-state index in [1.807, 2.05) is 34.6 Å². The zero-order valence-electron chi connectivity index (χ0n) is 12.1. The van der Waals surface area contributed by atoms with Crippen molar-refractivity contribution in [3.63, 3.8) is 0 Å². The van der Waals surface area contributed by atoms with Crippen molar-refractivity contribution in [2.24, 2.45) is 0 Å². The van der Waals surface area contributed by atoms with E-state index in [0.29, 0.717) is 0 Å². The van der Waals surface area contributed by atoms with Crippen molar-refractivity contribution in [2.75, 3.05) is 30.5 Å². The first-order chi connectivity index (χ1) is 9.69. The highest BCUT2D eigenvalue weighted by Crippen LogP contribution is 2.28. The summed E-state index contributed by atoms with van der Waals surface area (Å²) in [4.78, 5) is 2.29. The van der Waals surface area contributed by atoms with Crippen molar-refractivity contribution in [2.45, 2.75) is 12.3 Å². The summed E-state index contributed by atoms with van der Waals surface area (Å²) >= 11 is 5.46. The van der Waals surface area contributed by atoms with Crippen LogP contribution in [0.5, 0.6) is 0 Å². The number of halogens is 1. The molecule has 0 spiro atoms. The maximum atomic E-state index is 4.72. The van der Waals surface area contributed by atoms with Crippen LogP contribution in [0.15, 0.2) is 30.3 Å². The van der Waals surface area contributed by atoms with Gasteiger partial charge in [-0.3, -0.25) is 0 Å². The summed E-state index contributed by atoms with van der Waals surface area (Å²) < 4.78 is 2.05. The van der Waals surface area contributed by atoms with Gasteiger partial charge in [-0.05, 0) is 25.3 Å². The van der Waals surface area contributed by atoms with Gasteiger partial charge in [0.15, 0.2) is 0 Å². The molecule has 0 unspecified atom stereocenters. The van der Waals surface area contributed by atoms with Crippen molar-refractivity contribution in [1.82, 2.24) is 9.78 Å². The molecule has 0 N–H and O–H groups in total.